The van der Waals surface area contributed by atoms with Gasteiger partial charge in [-0.05, 0) is 60.2 Å². The molecule has 2 rings (SSSR count). The molecule has 8 heteroatoms. The van der Waals surface area contributed by atoms with Crippen molar-refractivity contribution < 1.29 is 22.7 Å². The summed E-state index contributed by atoms with van der Waals surface area (Å²) in [4.78, 5) is 13.6. The first-order valence-electron chi connectivity index (χ1n) is 9.98. The lowest BCUT2D eigenvalue weighted by molar-refractivity contribution is -0.302. The van der Waals surface area contributed by atoms with Crippen LogP contribution in [-0.4, -0.2) is 18.0 Å². The number of thioether (sulfide) groups is 1. The molecule has 0 fully saturated rings. The third-order valence-electron chi connectivity index (χ3n) is 4.28. The van der Waals surface area contributed by atoms with Gasteiger partial charge in [0.05, 0.1) is 18.1 Å². The first kappa shape index (κ1) is 25.8. The molecule has 4 nitrogen and oxygen atoms in total. The van der Waals surface area contributed by atoms with Crippen LogP contribution in [0.15, 0.2) is 83.6 Å². The molecule has 0 aliphatic carbocycles. The number of alkyl halides is 3. The average Bonchev–Trinajstić information content (AvgIpc) is 2.77. The molecule has 0 spiro atoms. The zero-order chi connectivity index (χ0) is 24.4. The smallest absolute Gasteiger partial charge is 0.405 e. The van der Waals surface area contributed by atoms with Crippen molar-refractivity contribution in [2.75, 3.05) is 5.75 Å². The SMILES string of the molecule is C=C/C(OC(F)(F)F)=C(\C=C(/C)NC(=O)Cc1ccc(SCC)cc1)c1cccc(C#N)c1. The molecular weight excluding hydrogens is 449 g/mol. The van der Waals surface area contributed by atoms with Crippen LogP contribution in [0.25, 0.3) is 5.57 Å². The molecule has 172 valence electrons. The van der Waals surface area contributed by atoms with Crippen LogP contribution in [0.1, 0.15) is 30.5 Å². The first-order chi connectivity index (χ1) is 15.6. The summed E-state index contributed by atoms with van der Waals surface area (Å²) in [6.07, 6.45) is -2.53. The second-order valence-electron chi connectivity index (χ2n) is 6.85. The Morgan fingerprint density at radius 3 is 2.52 bits per heavy atom. The Kier molecular flexibility index (Phi) is 9.37. The standard InChI is InChI=1S/C25H23F3N2O2S/c1-4-23(32-25(26,27)28)22(20-8-6-7-19(14-20)16-29)13-17(3)30-24(31)15-18-9-11-21(12-10-18)33-5-2/h4,6-14H,1,5,15H2,2-3H3,(H,30,31)/b17-13+,23-22-. The minimum absolute atomic E-state index is 0.0261. The van der Waals surface area contributed by atoms with Gasteiger partial charge in [-0.3, -0.25) is 4.79 Å². The second-order valence-corrected chi connectivity index (χ2v) is 8.19. The highest BCUT2D eigenvalue weighted by Crippen LogP contribution is 2.29. The van der Waals surface area contributed by atoms with Gasteiger partial charge >= 0.3 is 6.36 Å². The van der Waals surface area contributed by atoms with Crippen molar-refractivity contribution in [3.8, 4) is 6.07 Å². The van der Waals surface area contributed by atoms with Crippen LogP contribution >= 0.6 is 11.8 Å². The molecule has 0 atom stereocenters. The Labute approximate surface area is 195 Å². The molecule has 1 amide bonds. The van der Waals surface area contributed by atoms with E-state index < -0.39 is 12.1 Å². The molecule has 0 saturated heterocycles. The van der Waals surface area contributed by atoms with Gasteiger partial charge in [-0.1, -0.05) is 37.8 Å². The highest BCUT2D eigenvalue weighted by Gasteiger charge is 2.32. The molecule has 2 aromatic carbocycles. The number of allylic oxidation sites excluding steroid dienone is 4. The lowest BCUT2D eigenvalue weighted by Gasteiger charge is -2.15. The molecule has 0 saturated carbocycles. The number of halogens is 3. The summed E-state index contributed by atoms with van der Waals surface area (Å²) >= 11 is 1.69. The number of nitriles is 1. The van der Waals surface area contributed by atoms with Gasteiger partial charge in [0.25, 0.3) is 0 Å². The van der Waals surface area contributed by atoms with Crippen LogP contribution in [0.3, 0.4) is 0 Å². The normalized spacial score (nSPS) is 12.4. The van der Waals surface area contributed by atoms with E-state index in [2.05, 4.69) is 23.6 Å². The van der Waals surface area contributed by atoms with Crippen LogP contribution < -0.4 is 5.32 Å². The molecule has 0 heterocycles. The third kappa shape index (κ3) is 8.54. The molecule has 1 N–H and O–H groups in total. The van der Waals surface area contributed by atoms with Gasteiger partial charge in [0.15, 0.2) is 0 Å². The summed E-state index contributed by atoms with van der Waals surface area (Å²) in [7, 11) is 0. The zero-order valence-corrected chi connectivity index (χ0v) is 19.0. The quantitative estimate of drug-likeness (QED) is 0.262. The van der Waals surface area contributed by atoms with E-state index in [0.717, 1.165) is 22.3 Å². The average molecular weight is 473 g/mol. The van der Waals surface area contributed by atoms with E-state index in [4.69, 9.17) is 5.26 Å². The maximum absolute atomic E-state index is 12.9. The number of amides is 1. The van der Waals surface area contributed by atoms with E-state index in [-0.39, 0.29) is 23.5 Å². The van der Waals surface area contributed by atoms with Crippen LogP contribution in [0.2, 0.25) is 0 Å². The predicted molar refractivity (Wildman–Crippen MR) is 124 cm³/mol. The Balaban J connectivity index is 2.31. The van der Waals surface area contributed by atoms with Crippen molar-refractivity contribution in [1.82, 2.24) is 5.32 Å². The van der Waals surface area contributed by atoms with Gasteiger partial charge in [0.1, 0.15) is 5.76 Å². The van der Waals surface area contributed by atoms with Crippen LogP contribution in [0.4, 0.5) is 13.2 Å². The van der Waals surface area contributed by atoms with E-state index in [9.17, 15) is 18.0 Å². The summed E-state index contributed by atoms with van der Waals surface area (Å²) in [5.41, 5.74) is 1.72. The minimum atomic E-state index is -4.94. The fourth-order valence-electron chi connectivity index (χ4n) is 2.96. The Bertz CT molecular complexity index is 1100. The summed E-state index contributed by atoms with van der Waals surface area (Å²) < 4.78 is 42.9. The molecule has 0 radical (unpaired) electrons. The molecule has 0 aromatic heterocycles. The molecule has 0 aliphatic heterocycles. The number of hydrogen-bond acceptors (Lipinski definition) is 4. The molecule has 0 bridgehead atoms. The van der Waals surface area contributed by atoms with Crippen molar-refractivity contribution in [1.29, 1.82) is 5.26 Å². The fraction of sp³-hybridized carbons (Fsp3) is 0.200. The predicted octanol–water partition coefficient (Wildman–Crippen LogP) is 6.37. The monoisotopic (exact) mass is 472 g/mol. The van der Waals surface area contributed by atoms with Crippen molar-refractivity contribution in [2.45, 2.75) is 31.5 Å². The van der Waals surface area contributed by atoms with Crippen molar-refractivity contribution in [3.05, 3.63) is 95.4 Å². The summed E-state index contributed by atoms with van der Waals surface area (Å²) in [5, 5.41) is 11.8. The Hall–Kier alpha value is -3.44. The van der Waals surface area contributed by atoms with Gasteiger partial charge in [-0.2, -0.15) is 5.26 Å². The molecular formula is C25H23F3N2O2S. The maximum Gasteiger partial charge on any atom is 0.573 e. The number of ether oxygens (including phenoxy) is 1. The van der Waals surface area contributed by atoms with Crippen molar-refractivity contribution in [2.24, 2.45) is 0 Å². The summed E-state index contributed by atoms with van der Waals surface area (Å²) in [6, 6.07) is 15.6. The Morgan fingerprint density at radius 1 is 1.24 bits per heavy atom. The molecule has 33 heavy (non-hydrogen) atoms. The van der Waals surface area contributed by atoms with Gasteiger partial charge in [-0.15, -0.1) is 24.9 Å². The number of nitrogens with one attached hydrogen (secondary N) is 1. The lowest BCUT2D eigenvalue weighted by atomic mass is 10.0. The number of hydrogen-bond donors (Lipinski definition) is 1. The van der Waals surface area contributed by atoms with E-state index in [1.54, 1.807) is 30.8 Å². The fourth-order valence-corrected chi connectivity index (χ4v) is 3.62. The van der Waals surface area contributed by atoms with E-state index in [0.29, 0.717) is 11.3 Å². The largest absolute Gasteiger partial charge is 0.573 e. The molecule has 0 unspecified atom stereocenters. The first-order valence-corrected chi connectivity index (χ1v) is 11.0. The van der Waals surface area contributed by atoms with Crippen LogP contribution in [0, 0.1) is 11.3 Å². The number of benzene rings is 2. The number of carbonyl (C=O) groups excluding carboxylic acids is 1. The van der Waals surface area contributed by atoms with E-state index in [1.165, 1.54) is 18.2 Å². The van der Waals surface area contributed by atoms with E-state index >= 15 is 0 Å². The minimum Gasteiger partial charge on any atom is -0.405 e. The van der Waals surface area contributed by atoms with E-state index in [1.807, 2.05) is 30.3 Å². The zero-order valence-electron chi connectivity index (χ0n) is 18.2. The topological polar surface area (TPSA) is 62.1 Å². The second kappa shape index (κ2) is 12.0. The van der Waals surface area contributed by atoms with Gasteiger partial charge in [0, 0.05) is 16.2 Å². The highest BCUT2D eigenvalue weighted by atomic mass is 32.2. The van der Waals surface area contributed by atoms with Gasteiger partial charge in [-0.25, -0.2) is 0 Å². The van der Waals surface area contributed by atoms with Gasteiger partial charge in [0.2, 0.25) is 5.91 Å². The number of rotatable bonds is 9. The van der Waals surface area contributed by atoms with Crippen molar-refractivity contribution in [3.63, 3.8) is 0 Å². The van der Waals surface area contributed by atoms with Crippen molar-refractivity contribution >= 4 is 23.2 Å². The maximum atomic E-state index is 12.9. The molecule has 2 aromatic rings. The van der Waals surface area contributed by atoms with Crippen LogP contribution in [-0.2, 0) is 16.0 Å². The number of carbonyl (C=O) groups is 1. The lowest BCUT2D eigenvalue weighted by Crippen LogP contribution is -2.23. The summed E-state index contributed by atoms with van der Waals surface area (Å²) in [5.74, 6) is 0.0821. The van der Waals surface area contributed by atoms with Crippen LogP contribution in [0.5, 0.6) is 0 Å². The molecule has 0 aliphatic rings. The third-order valence-corrected chi connectivity index (χ3v) is 5.17. The Morgan fingerprint density at radius 2 is 1.94 bits per heavy atom. The summed E-state index contributed by atoms with van der Waals surface area (Å²) in [6.45, 7) is 7.02. The number of nitrogens with zero attached hydrogens (tertiary/aromatic N) is 1. The van der Waals surface area contributed by atoms with Gasteiger partial charge < -0.3 is 10.1 Å². The highest BCUT2D eigenvalue weighted by molar-refractivity contribution is 7.99.